The molecule has 144 valence electrons. The summed E-state index contributed by atoms with van der Waals surface area (Å²) in [5.41, 5.74) is 5.98. The Morgan fingerprint density at radius 1 is 1.11 bits per heavy atom. The van der Waals surface area contributed by atoms with Gasteiger partial charge in [-0.1, -0.05) is 31.4 Å². The summed E-state index contributed by atoms with van der Waals surface area (Å²) in [6.07, 6.45) is 8.14. The average Bonchev–Trinajstić information content (AvgIpc) is 3.13. The Labute approximate surface area is 161 Å². The van der Waals surface area contributed by atoms with E-state index in [0.29, 0.717) is 18.5 Å². The second-order valence-electron chi connectivity index (χ2n) is 8.16. The van der Waals surface area contributed by atoms with Crippen LogP contribution in [-0.4, -0.2) is 51.6 Å². The number of rotatable bonds is 4. The van der Waals surface area contributed by atoms with Crippen LogP contribution in [0.15, 0.2) is 24.4 Å². The van der Waals surface area contributed by atoms with Crippen LogP contribution in [0.4, 0.5) is 0 Å². The maximum absolute atomic E-state index is 12.7. The van der Waals surface area contributed by atoms with Gasteiger partial charge in [-0.05, 0) is 43.9 Å². The first-order chi connectivity index (χ1) is 13.1. The van der Waals surface area contributed by atoms with E-state index in [4.69, 9.17) is 0 Å². The maximum atomic E-state index is 12.7. The van der Waals surface area contributed by atoms with E-state index in [1.807, 2.05) is 6.20 Å². The predicted molar refractivity (Wildman–Crippen MR) is 107 cm³/mol. The van der Waals surface area contributed by atoms with Gasteiger partial charge in [-0.2, -0.15) is 5.10 Å². The number of nitrogens with zero attached hydrogens (tertiary/aromatic N) is 3. The van der Waals surface area contributed by atoms with E-state index in [1.54, 1.807) is 0 Å². The Morgan fingerprint density at radius 3 is 2.67 bits per heavy atom. The van der Waals surface area contributed by atoms with E-state index >= 15 is 0 Å². The quantitative estimate of drug-likeness (QED) is 0.898. The second kappa shape index (κ2) is 7.85. The van der Waals surface area contributed by atoms with Crippen LogP contribution in [0.3, 0.4) is 0 Å². The van der Waals surface area contributed by atoms with E-state index in [0.717, 1.165) is 36.5 Å². The standard InChI is InChI=1S/C22H30N4O/c1-16-8-9-18(12-17(16)2)22-19(13-23-24-22)14-25-10-11-26(21(27)15-25)20-6-4-3-5-7-20/h8-9,12-13,20H,3-7,10-11,14-15H2,1-2H3,(H,23,24). The summed E-state index contributed by atoms with van der Waals surface area (Å²) in [5.74, 6) is 0.296. The molecule has 1 amide bonds. The highest BCUT2D eigenvalue weighted by Gasteiger charge is 2.30. The Balaban J connectivity index is 1.43. The Bertz CT molecular complexity index is 806. The molecule has 0 atom stereocenters. The van der Waals surface area contributed by atoms with Crippen molar-refractivity contribution in [2.45, 2.75) is 58.5 Å². The van der Waals surface area contributed by atoms with Crippen LogP contribution in [0, 0.1) is 13.8 Å². The molecule has 0 unspecified atom stereocenters. The van der Waals surface area contributed by atoms with Gasteiger partial charge >= 0.3 is 0 Å². The van der Waals surface area contributed by atoms with Crippen molar-refractivity contribution < 1.29 is 4.79 Å². The third-order valence-electron chi connectivity index (χ3n) is 6.26. The van der Waals surface area contributed by atoms with Gasteiger partial charge in [-0.25, -0.2) is 0 Å². The minimum atomic E-state index is 0.296. The van der Waals surface area contributed by atoms with E-state index in [1.165, 1.54) is 43.2 Å². The molecule has 1 saturated heterocycles. The number of aryl methyl sites for hydroxylation is 2. The van der Waals surface area contributed by atoms with Gasteiger partial charge < -0.3 is 4.90 Å². The first-order valence-corrected chi connectivity index (χ1v) is 10.2. The highest BCUT2D eigenvalue weighted by molar-refractivity contribution is 5.79. The van der Waals surface area contributed by atoms with Crippen molar-refractivity contribution in [1.29, 1.82) is 0 Å². The van der Waals surface area contributed by atoms with Gasteiger partial charge in [0.1, 0.15) is 0 Å². The minimum Gasteiger partial charge on any atom is -0.337 e. The third kappa shape index (κ3) is 3.93. The lowest BCUT2D eigenvalue weighted by atomic mass is 9.93. The number of piperazine rings is 1. The van der Waals surface area contributed by atoms with Gasteiger partial charge in [0.05, 0.1) is 18.4 Å². The predicted octanol–water partition coefficient (Wildman–Crippen LogP) is 3.67. The lowest BCUT2D eigenvalue weighted by Crippen LogP contribution is -2.54. The zero-order chi connectivity index (χ0) is 18.8. The molecule has 1 N–H and O–H groups in total. The fourth-order valence-electron chi connectivity index (χ4n) is 4.47. The van der Waals surface area contributed by atoms with Crippen molar-refractivity contribution >= 4 is 5.91 Å². The second-order valence-corrected chi connectivity index (χ2v) is 8.16. The number of amides is 1. The Hall–Kier alpha value is -2.14. The van der Waals surface area contributed by atoms with Gasteiger partial charge in [0, 0.05) is 36.8 Å². The highest BCUT2D eigenvalue weighted by Crippen LogP contribution is 2.27. The molecule has 0 radical (unpaired) electrons. The molecule has 5 heteroatoms. The number of hydrogen-bond donors (Lipinski definition) is 1. The van der Waals surface area contributed by atoms with E-state index in [9.17, 15) is 4.79 Å². The first-order valence-electron chi connectivity index (χ1n) is 10.2. The zero-order valence-electron chi connectivity index (χ0n) is 16.5. The Morgan fingerprint density at radius 2 is 1.93 bits per heavy atom. The zero-order valence-corrected chi connectivity index (χ0v) is 16.5. The lowest BCUT2D eigenvalue weighted by molar-refractivity contribution is -0.139. The molecule has 2 fully saturated rings. The molecular weight excluding hydrogens is 336 g/mol. The summed E-state index contributed by atoms with van der Waals surface area (Å²) in [5, 5.41) is 7.43. The summed E-state index contributed by atoms with van der Waals surface area (Å²) in [7, 11) is 0. The van der Waals surface area contributed by atoms with Gasteiger partial charge in [0.2, 0.25) is 5.91 Å². The first kappa shape index (κ1) is 18.2. The molecular formula is C22H30N4O. The summed E-state index contributed by atoms with van der Waals surface area (Å²) in [6, 6.07) is 6.99. The SMILES string of the molecule is Cc1ccc(-c2[nH]ncc2CN2CCN(C3CCCCC3)C(=O)C2)cc1C. The monoisotopic (exact) mass is 366 g/mol. The molecule has 5 nitrogen and oxygen atoms in total. The van der Waals surface area contributed by atoms with Crippen LogP contribution in [0.1, 0.15) is 48.8 Å². The average molecular weight is 367 g/mol. The summed E-state index contributed by atoms with van der Waals surface area (Å²) < 4.78 is 0. The number of benzene rings is 1. The number of hydrogen-bond acceptors (Lipinski definition) is 3. The van der Waals surface area contributed by atoms with Crippen LogP contribution in [0.2, 0.25) is 0 Å². The molecule has 1 saturated carbocycles. The molecule has 1 aliphatic carbocycles. The van der Waals surface area contributed by atoms with Crippen molar-refractivity contribution in [3.05, 3.63) is 41.1 Å². The maximum Gasteiger partial charge on any atom is 0.237 e. The summed E-state index contributed by atoms with van der Waals surface area (Å²) in [4.78, 5) is 17.1. The normalized spacial score (nSPS) is 19.6. The van der Waals surface area contributed by atoms with Gasteiger partial charge in [-0.3, -0.25) is 14.8 Å². The van der Waals surface area contributed by atoms with E-state index in [-0.39, 0.29) is 0 Å². The molecule has 2 aliphatic rings. The molecule has 27 heavy (non-hydrogen) atoms. The van der Waals surface area contributed by atoms with Crippen molar-refractivity contribution in [3.8, 4) is 11.3 Å². The molecule has 4 rings (SSSR count). The number of nitrogens with one attached hydrogen (secondary N) is 1. The van der Waals surface area contributed by atoms with Crippen molar-refractivity contribution in [3.63, 3.8) is 0 Å². The van der Waals surface area contributed by atoms with Crippen molar-refractivity contribution in [2.24, 2.45) is 0 Å². The number of carbonyl (C=O) groups is 1. The van der Waals surface area contributed by atoms with Crippen LogP contribution in [0.25, 0.3) is 11.3 Å². The minimum absolute atomic E-state index is 0.296. The van der Waals surface area contributed by atoms with Crippen molar-refractivity contribution in [2.75, 3.05) is 19.6 Å². The third-order valence-corrected chi connectivity index (χ3v) is 6.26. The summed E-state index contributed by atoms with van der Waals surface area (Å²) in [6.45, 7) is 7.36. The number of aromatic nitrogens is 2. The highest BCUT2D eigenvalue weighted by atomic mass is 16.2. The summed E-state index contributed by atoms with van der Waals surface area (Å²) >= 11 is 0. The smallest absolute Gasteiger partial charge is 0.237 e. The van der Waals surface area contributed by atoms with E-state index < -0.39 is 0 Å². The number of H-pyrrole nitrogens is 1. The Kier molecular flexibility index (Phi) is 5.30. The molecule has 2 aromatic rings. The van der Waals surface area contributed by atoms with Crippen LogP contribution >= 0.6 is 0 Å². The fraction of sp³-hybridized carbons (Fsp3) is 0.545. The largest absolute Gasteiger partial charge is 0.337 e. The van der Waals surface area contributed by atoms with Gasteiger partial charge in [-0.15, -0.1) is 0 Å². The van der Waals surface area contributed by atoms with Crippen LogP contribution in [-0.2, 0) is 11.3 Å². The molecule has 1 aliphatic heterocycles. The van der Waals surface area contributed by atoms with Crippen LogP contribution in [0.5, 0.6) is 0 Å². The molecule has 2 heterocycles. The fourth-order valence-corrected chi connectivity index (χ4v) is 4.47. The van der Waals surface area contributed by atoms with Gasteiger partial charge in [0.25, 0.3) is 0 Å². The molecule has 1 aromatic carbocycles. The number of aromatic amines is 1. The number of carbonyl (C=O) groups excluding carboxylic acids is 1. The van der Waals surface area contributed by atoms with Gasteiger partial charge in [0.15, 0.2) is 0 Å². The van der Waals surface area contributed by atoms with Crippen LogP contribution < -0.4 is 0 Å². The van der Waals surface area contributed by atoms with E-state index in [2.05, 4.69) is 52.0 Å². The molecule has 0 spiro atoms. The lowest BCUT2D eigenvalue weighted by Gasteiger charge is -2.40. The molecule has 1 aromatic heterocycles. The molecule has 0 bridgehead atoms. The topological polar surface area (TPSA) is 52.2 Å². The van der Waals surface area contributed by atoms with Crippen molar-refractivity contribution in [1.82, 2.24) is 20.0 Å².